The minimum Gasteiger partial charge on any atom is -0.481 e. The number of carboxylic acids is 1. The molecule has 1 aromatic rings. The van der Waals surface area contributed by atoms with Crippen LogP contribution in [0.4, 0.5) is 0 Å². The number of aliphatic carboxylic acids is 1. The summed E-state index contributed by atoms with van der Waals surface area (Å²) in [5.41, 5.74) is 0.591. The minimum atomic E-state index is -0.812. The maximum Gasteiger partial charge on any atom is 0.312 e. The summed E-state index contributed by atoms with van der Waals surface area (Å²) in [6.45, 7) is 2.09. The van der Waals surface area contributed by atoms with Crippen molar-refractivity contribution in [2.24, 2.45) is 0 Å². The monoisotopic (exact) mass is 247 g/mol. The molecule has 0 saturated heterocycles. The first kappa shape index (κ1) is 12.5. The maximum absolute atomic E-state index is 11.0. The lowest BCUT2D eigenvalue weighted by molar-refractivity contribution is -0.139. The molecule has 15 heavy (non-hydrogen) atoms. The average molecular weight is 248 g/mol. The van der Waals surface area contributed by atoms with Crippen molar-refractivity contribution < 1.29 is 9.90 Å². The molecule has 1 atom stereocenters. The molecule has 1 heterocycles. The maximum atomic E-state index is 11.0. The van der Waals surface area contributed by atoms with Crippen molar-refractivity contribution in [1.29, 1.82) is 0 Å². The van der Waals surface area contributed by atoms with Crippen LogP contribution in [0.15, 0.2) is 5.38 Å². The Labute approximate surface area is 98.1 Å². The van der Waals surface area contributed by atoms with Crippen molar-refractivity contribution in [3.8, 4) is 0 Å². The van der Waals surface area contributed by atoms with Crippen molar-refractivity contribution in [2.45, 2.75) is 38.5 Å². The van der Waals surface area contributed by atoms with Gasteiger partial charge in [-0.05, 0) is 6.42 Å². The van der Waals surface area contributed by atoms with Gasteiger partial charge in [0.2, 0.25) is 0 Å². The van der Waals surface area contributed by atoms with Crippen LogP contribution in [0.3, 0.4) is 0 Å². The van der Waals surface area contributed by atoms with Crippen molar-refractivity contribution in [3.63, 3.8) is 0 Å². The van der Waals surface area contributed by atoms with E-state index in [1.807, 2.05) is 0 Å². The fourth-order valence-electron chi connectivity index (χ4n) is 1.42. The van der Waals surface area contributed by atoms with E-state index in [0.717, 1.165) is 19.3 Å². The molecule has 84 valence electrons. The number of thiazole rings is 1. The summed E-state index contributed by atoms with van der Waals surface area (Å²) >= 11 is 6.97. The number of hydrogen-bond donors (Lipinski definition) is 1. The molecule has 3 nitrogen and oxygen atoms in total. The van der Waals surface area contributed by atoms with Gasteiger partial charge in [-0.3, -0.25) is 4.79 Å². The van der Waals surface area contributed by atoms with Gasteiger partial charge in [-0.25, -0.2) is 4.98 Å². The smallest absolute Gasteiger partial charge is 0.312 e. The van der Waals surface area contributed by atoms with E-state index in [1.54, 1.807) is 5.38 Å². The highest BCUT2D eigenvalue weighted by molar-refractivity contribution is 7.14. The van der Waals surface area contributed by atoms with Gasteiger partial charge in [-0.1, -0.05) is 37.8 Å². The van der Waals surface area contributed by atoms with Gasteiger partial charge in [0, 0.05) is 5.38 Å². The summed E-state index contributed by atoms with van der Waals surface area (Å²) in [4.78, 5) is 15.0. The van der Waals surface area contributed by atoms with Crippen LogP contribution in [0.2, 0.25) is 4.47 Å². The van der Waals surface area contributed by atoms with Gasteiger partial charge in [0.1, 0.15) is 0 Å². The van der Waals surface area contributed by atoms with Gasteiger partial charge in [-0.2, -0.15) is 0 Å². The minimum absolute atomic E-state index is 0.409. The third-order valence-electron chi connectivity index (χ3n) is 2.25. The zero-order valence-corrected chi connectivity index (χ0v) is 10.1. The fourth-order valence-corrected chi connectivity index (χ4v) is 2.24. The lowest BCUT2D eigenvalue weighted by Crippen LogP contribution is -2.11. The molecule has 0 amide bonds. The zero-order chi connectivity index (χ0) is 11.3. The molecule has 0 aliphatic heterocycles. The lowest BCUT2D eigenvalue weighted by atomic mass is 9.99. The Morgan fingerprint density at radius 2 is 2.40 bits per heavy atom. The first-order chi connectivity index (χ1) is 7.15. The molecule has 0 saturated carbocycles. The van der Waals surface area contributed by atoms with Gasteiger partial charge in [0.15, 0.2) is 4.47 Å². The van der Waals surface area contributed by atoms with Crippen LogP contribution in [0.25, 0.3) is 0 Å². The molecular formula is C10H14ClNO2S. The highest BCUT2D eigenvalue weighted by atomic mass is 35.5. The van der Waals surface area contributed by atoms with E-state index >= 15 is 0 Å². The third-order valence-corrected chi connectivity index (χ3v) is 3.24. The largest absolute Gasteiger partial charge is 0.481 e. The second kappa shape index (κ2) is 6.08. The van der Waals surface area contributed by atoms with Gasteiger partial charge in [0.05, 0.1) is 11.6 Å². The molecule has 1 aromatic heterocycles. The van der Waals surface area contributed by atoms with Crippen LogP contribution in [-0.2, 0) is 4.79 Å². The molecule has 0 spiro atoms. The van der Waals surface area contributed by atoms with E-state index in [4.69, 9.17) is 16.7 Å². The van der Waals surface area contributed by atoms with Crippen LogP contribution in [0.1, 0.15) is 44.2 Å². The molecule has 5 heteroatoms. The Morgan fingerprint density at radius 3 is 2.87 bits per heavy atom. The van der Waals surface area contributed by atoms with Crippen LogP contribution in [0.5, 0.6) is 0 Å². The standard InChI is InChI=1S/C10H14ClNO2S/c1-2-3-4-5-7(9(13)14)8-6-15-10(11)12-8/h6-7H,2-5H2,1H3,(H,13,14). The van der Waals surface area contributed by atoms with Gasteiger partial charge >= 0.3 is 5.97 Å². The second-order valence-electron chi connectivity index (χ2n) is 3.41. The Bertz CT molecular complexity index is 327. The quantitative estimate of drug-likeness (QED) is 0.783. The van der Waals surface area contributed by atoms with Crippen LogP contribution in [0, 0.1) is 0 Å². The number of hydrogen-bond acceptors (Lipinski definition) is 3. The Balaban J connectivity index is 2.62. The number of rotatable bonds is 6. The topological polar surface area (TPSA) is 50.2 Å². The zero-order valence-electron chi connectivity index (χ0n) is 8.57. The van der Waals surface area contributed by atoms with E-state index in [-0.39, 0.29) is 0 Å². The van der Waals surface area contributed by atoms with Crippen molar-refractivity contribution >= 4 is 28.9 Å². The summed E-state index contributed by atoms with van der Waals surface area (Å²) in [7, 11) is 0. The van der Waals surface area contributed by atoms with Gasteiger partial charge in [0.25, 0.3) is 0 Å². The van der Waals surface area contributed by atoms with Gasteiger partial charge in [-0.15, -0.1) is 11.3 Å². The van der Waals surface area contributed by atoms with Crippen LogP contribution in [-0.4, -0.2) is 16.1 Å². The summed E-state index contributed by atoms with van der Waals surface area (Å²) in [5, 5.41) is 10.8. The SMILES string of the molecule is CCCCCC(C(=O)O)c1csc(Cl)n1. The predicted octanol–water partition coefficient (Wildman–Crippen LogP) is 3.55. The average Bonchev–Trinajstić information content (AvgIpc) is 2.59. The third kappa shape index (κ3) is 3.80. The molecule has 1 unspecified atom stereocenters. The number of carboxylic acid groups (broad SMARTS) is 1. The first-order valence-electron chi connectivity index (χ1n) is 4.99. The number of aromatic nitrogens is 1. The van der Waals surface area contributed by atoms with E-state index in [1.165, 1.54) is 11.3 Å². The normalized spacial score (nSPS) is 12.7. The van der Waals surface area contributed by atoms with Crippen LogP contribution >= 0.6 is 22.9 Å². The molecular weight excluding hydrogens is 234 g/mol. The highest BCUT2D eigenvalue weighted by Crippen LogP contribution is 2.26. The van der Waals surface area contributed by atoms with Crippen molar-refractivity contribution in [1.82, 2.24) is 4.98 Å². The molecule has 0 fully saturated rings. The molecule has 1 rings (SSSR count). The van der Waals surface area contributed by atoms with E-state index in [2.05, 4.69) is 11.9 Å². The highest BCUT2D eigenvalue weighted by Gasteiger charge is 2.21. The van der Waals surface area contributed by atoms with Crippen LogP contribution < -0.4 is 0 Å². The molecule has 0 aromatic carbocycles. The number of carbonyl (C=O) groups is 1. The Morgan fingerprint density at radius 1 is 1.67 bits per heavy atom. The second-order valence-corrected chi connectivity index (χ2v) is 4.85. The van der Waals surface area contributed by atoms with Gasteiger partial charge < -0.3 is 5.11 Å². The number of nitrogens with zero attached hydrogens (tertiary/aromatic N) is 1. The molecule has 0 aliphatic rings. The summed E-state index contributed by atoms with van der Waals surface area (Å²) < 4.78 is 0.409. The molecule has 0 bridgehead atoms. The van der Waals surface area contributed by atoms with Crippen molar-refractivity contribution in [2.75, 3.05) is 0 Å². The Kier molecular flexibility index (Phi) is 5.05. The van der Waals surface area contributed by atoms with E-state index in [0.29, 0.717) is 16.6 Å². The molecule has 0 radical (unpaired) electrons. The summed E-state index contributed by atoms with van der Waals surface area (Å²) in [6, 6.07) is 0. The predicted molar refractivity (Wildman–Crippen MR) is 61.6 cm³/mol. The fraction of sp³-hybridized carbons (Fsp3) is 0.600. The molecule has 0 aliphatic carbocycles. The van der Waals surface area contributed by atoms with E-state index < -0.39 is 11.9 Å². The lowest BCUT2D eigenvalue weighted by Gasteiger charge is -2.08. The Hall–Kier alpha value is -0.610. The molecule has 1 N–H and O–H groups in total. The summed E-state index contributed by atoms with van der Waals surface area (Å²) in [6.07, 6.45) is 3.71. The number of halogens is 1. The summed E-state index contributed by atoms with van der Waals surface area (Å²) in [5.74, 6) is -1.31. The van der Waals surface area contributed by atoms with Crippen molar-refractivity contribution in [3.05, 3.63) is 15.5 Å². The first-order valence-corrected chi connectivity index (χ1v) is 6.24. The number of unbranched alkanes of at least 4 members (excludes halogenated alkanes) is 2. The van der Waals surface area contributed by atoms with E-state index in [9.17, 15) is 4.79 Å².